The predicted molar refractivity (Wildman–Crippen MR) is 82.7 cm³/mol. The van der Waals surface area contributed by atoms with Gasteiger partial charge >= 0.3 is 0 Å². The summed E-state index contributed by atoms with van der Waals surface area (Å²) in [5.74, 6) is -0.438. The number of hydrogen-bond donors (Lipinski definition) is 2. The molecule has 0 atom stereocenters. The van der Waals surface area contributed by atoms with Gasteiger partial charge in [-0.05, 0) is 49.2 Å². The monoisotopic (exact) mass is 343 g/mol. The maximum absolute atomic E-state index is 12.1. The fourth-order valence-corrected chi connectivity index (χ4v) is 2.27. The second-order valence-corrected chi connectivity index (χ2v) is 6.63. The Bertz CT molecular complexity index is 489. The standard InChI is InChI=1S/C14H22BrN3O2/c1-5-6-18-9-10(15)7-11(18)13(20)16-8-12(19)17-14(2,3)4/h7,9H,5-6,8H2,1-4H3,(H,16,20)(H,17,19). The van der Waals surface area contributed by atoms with Gasteiger partial charge in [-0.15, -0.1) is 0 Å². The highest BCUT2D eigenvalue weighted by atomic mass is 79.9. The lowest BCUT2D eigenvalue weighted by molar-refractivity contribution is -0.121. The Kier molecular flexibility index (Phi) is 5.80. The number of hydrogen-bond acceptors (Lipinski definition) is 2. The number of nitrogens with zero attached hydrogens (tertiary/aromatic N) is 1. The molecule has 20 heavy (non-hydrogen) atoms. The number of carbonyl (C=O) groups is 2. The molecule has 0 bridgehead atoms. The Morgan fingerprint density at radius 2 is 2.00 bits per heavy atom. The number of rotatable bonds is 5. The van der Waals surface area contributed by atoms with Crippen molar-refractivity contribution >= 4 is 27.7 Å². The van der Waals surface area contributed by atoms with E-state index in [-0.39, 0.29) is 23.9 Å². The third-order valence-corrected chi connectivity index (χ3v) is 2.92. The summed E-state index contributed by atoms with van der Waals surface area (Å²) in [7, 11) is 0. The first-order chi connectivity index (χ1) is 9.23. The van der Waals surface area contributed by atoms with Crippen molar-refractivity contribution in [2.45, 2.75) is 46.2 Å². The van der Waals surface area contributed by atoms with Crippen LogP contribution in [0.15, 0.2) is 16.7 Å². The highest BCUT2D eigenvalue weighted by Crippen LogP contribution is 2.15. The SMILES string of the molecule is CCCn1cc(Br)cc1C(=O)NCC(=O)NC(C)(C)C. The minimum atomic E-state index is -0.298. The van der Waals surface area contributed by atoms with Crippen LogP contribution in [0.3, 0.4) is 0 Å². The number of carbonyl (C=O) groups excluding carboxylic acids is 2. The molecule has 0 unspecified atom stereocenters. The van der Waals surface area contributed by atoms with Gasteiger partial charge in [0, 0.05) is 22.8 Å². The van der Waals surface area contributed by atoms with Crippen LogP contribution in [-0.4, -0.2) is 28.5 Å². The summed E-state index contributed by atoms with van der Waals surface area (Å²) in [5.41, 5.74) is 0.259. The first-order valence-corrected chi connectivity index (χ1v) is 7.47. The number of amides is 2. The number of aromatic nitrogens is 1. The van der Waals surface area contributed by atoms with Crippen LogP contribution in [0.2, 0.25) is 0 Å². The third kappa shape index (κ3) is 5.36. The van der Waals surface area contributed by atoms with E-state index in [1.54, 1.807) is 6.07 Å². The fourth-order valence-electron chi connectivity index (χ4n) is 1.80. The van der Waals surface area contributed by atoms with Crippen molar-refractivity contribution in [1.29, 1.82) is 0 Å². The first kappa shape index (κ1) is 16.8. The van der Waals surface area contributed by atoms with E-state index in [0.717, 1.165) is 17.4 Å². The number of aryl methyl sites for hydroxylation is 1. The molecule has 0 radical (unpaired) electrons. The molecule has 2 N–H and O–H groups in total. The van der Waals surface area contributed by atoms with E-state index < -0.39 is 0 Å². The molecule has 2 amide bonds. The summed E-state index contributed by atoms with van der Waals surface area (Å²) < 4.78 is 2.73. The van der Waals surface area contributed by atoms with Gasteiger partial charge in [0.15, 0.2) is 0 Å². The second kappa shape index (κ2) is 6.92. The van der Waals surface area contributed by atoms with Crippen LogP contribution >= 0.6 is 15.9 Å². The van der Waals surface area contributed by atoms with Gasteiger partial charge in [0.25, 0.3) is 5.91 Å². The van der Waals surface area contributed by atoms with Gasteiger partial charge < -0.3 is 15.2 Å². The van der Waals surface area contributed by atoms with Gasteiger partial charge in [-0.3, -0.25) is 9.59 Å². The summed E-state index contributed by atoms with van der Waals surface area (Å²) >= 11 is 3.36. The summed E-state index contributed by atoms with van der Waals surface area (Å²) in [6.45, 7) is 8.49. The van der Waals surface area contributed by atoms with E-state index in [9.17, 15) is 9.59 Å². The van der Waals surface area contributed by atoms with Crippen molar-refractivity contribution in [3.63, 3.8) is 0 Å². The molecule has 0 aliphatic heterocycles. The maximum atomic E-state index is 12.1. The molecule has 0 aromatic carbocycles. The van der Waals surface area contributed by atoms with E-state index in [2.05, 4.69) is 26.6 Å². The molecule has 0 fully saturated rings. The molecular formula is C14H22BrN3O2. The van der Waals surface area contributed by atoms with E-state index in [1.807, 2.05) is 38.5 Å². The second-order valence-electron chi connectivity index (χ2n) is 5.72. The van der Waals surface area contributed by atoms with Crippen LogP contribution in [0.4, 0.5) is 0 Å². The molecule has 1 aromatic heterocycles. The molecular weight excluding hydrogens is 322 g/mol. The molecule has 0 aliphatic rings. The fraction of sp³-hybridized carbons (Fsp3) is 0.571. The van der Waals surface area contributed by atoms with E-state index in [0.29, 0.717) is 5.69 Å². The molecule has 1 heterocycles. The minimum Gasteiger partial charge on any atom is -0.350 e. The molecule has 112 valence electrons. The van der Waals surface area contributed by atoms with Crippen LogP contribution in [0, 0.1) is 0 Å². The zero-order valence-corrected chi connectivity index (χ0v) is 14.0. The summed E-state index contributed by atoms with van der Waals surface area (Å²) in [6.07, 6.45) is 2.81. The van der Waals surface area contributed by atoms with Gasteiger partial charge in [-0.1, -0.05) is 6.92 Å². The van der Waals surface area contributed by atoms with Crippen LogP contribution < -0.4 is 10.6 Å². The zero-order valence-electron chi connectivity index (χ0n) is 12.4. The average molecular weight is 344 g/mol. The van der Waals surface area contributed by atoms with Gasteiger partial charge in [-0.25, -0.2) is 0 Å². The lowest BCUT2D eigenvalue weighted by atomic mass is 10.1. The van der Waals surface area contributed by atoms with Crippen molar-refractivity contribution < 1.29 is 9.59 Å². The van der Waals surface area contributed by atoms with Gasteiger partial charge in [0.1, 0.15) is 5.69 Å². The van der Waals surface area contributed by atoms with Gasteiger partial charge in [0.2, 0.25) is 5.91 Å². The minimum absolute atomic E-state index is 0.0228. The molecule has 0 saturated heterocycles. The quantitative estimate of drug-likeness (QED) is 0.861. The van der Waals surface area contributed by atoms with Crippen LogP contribution in [-0.2, 0) is 11.3 Å². The molecule has 1 rings (SSSR count). The van der Waals surface area contributed by atoms with Crippen molar-refractivity contribution in [2.24, 2.45) is 0 Å². The molecule has 0 aliphatic carbocycles. The summed E-state index contributed by atoms with van der Waals surface area (Å²) in [6, 6.07) is 1.76. The van der Waals surface area contributed by atoms with Crippen molar-refractivity contribution in [3.8, 4) is 0 Å². The van der Waals surface area contributed by atoms with Crippen LogP contribution in [0.1, 0.15) is 44.6 Å². The van der Waals surface area contributed by atoms with Crippen LogP contribution in [0.5, 0.6) is 0 Å². The van der Waals surface area contributed by atoms with E-state index >= 15 is 0 Å². The van der Waals surface area contributed by atoms with Gasteiger partial charge in [-0.2, -0.15) is 0 Å². The average Bonchev–Trinajstić information content (AvgIpc) is 2.65. The van der Waals surface area contributed by atoms with Crippen LogP contribution in [0.25, 0.3) is 0 Å². The Morgan fingerprint density at radius 1 is 1.35 bits per heavy atom. The topological polar surface area (TPSA) is 63.1 Å². The normalized spacial score (nSPS) is 11.2. The summed E-state index contributed by atoms with van der Waals surface area (Å²) in [5, 5.41) is 5.44. The predicted octanol–water partition coefficient (Wildman–Crippen LogP) is 2.31. The first-order valence-electron chi connectivity index (χ1n) is 6.68. The van der Waals surface area contributed by atoms with E-state index in [1.165, 1.54) is 0 Å². The lowest BCUT2D eigenvalue weighted by Crippen LogP contribution is -2.46. The summed E-state index contributed by atoms with van der Waals surface area (Å²) in [4.78, 5) is 23.8. The Hall–Kier alpha value is -1.30. The van der Waals surface area contributed by atoms with E-state index in [4.69, 9.17) is 0 Å². The molecule has 1 aromatic rings. The smallest absolute Gasteiger partial charge is 0.268 e. The highest BCUT2D eigenvalue weighted by Gasteiger charge is 2.16. The Labute approximate surface area is 128 Å². The largest absolute Gasteiger partial charge is 0.350 e. The maximum Gasteiger partial charge on any atom is 0.268 e. The lowest BCUT2D eigenvalue weighted by Gasteiger charge is -2.20. The molecule has 0 saturated carbocycles. The van der Waals surface area contributed by atoms with Gasteiger partial charge in [0.05, 0.1) is 6.54 Å². The molecule has 0 spiro atoms. The highest BCUT2D eigenvalue weighted by molar-refractivity contribution is 9.10. The molecule has 6 heteroatoms. The van der Waals surface area contributed by atoms with Crippen molar-refractivity contribution in [3.05, 3.63) is 22.4 Å². The Morgan fingerprint density at radius 3 is 2.55 bits per heavy atom. The third-order valence-electron chi connectivity index (χ3n) is 2.48. The van der Waals surface area contributed by atoms with Crippen molar-refractivity contribution in [1.82, 2.24) is 15.2 Å². The number of nitrogens with one attached hydrogen (secondary N) is 2. The molecule has 5 nitrogen and oxygen atoms in total. The number of halogens is 1. The van der Waals surface area contributed by atoms with Crippen molar-refractivity contribution in [2.75, 3.05) is 6.54 Å². The Balaban J connectivity index is 2.61. The zero-order chi connectivity index (χ0) is 15.3.